The van der Waals surface area contributed by atoms with Gasteiger partial charge >= 0.3 is 0 Å². The Morgan fingerprint density at radius 1 is 0.629 bits per heavy atom. The molecule has 1 aliphatic rings. The van der Waals surface area contributed by atoms with Crippen LogP contribution in [0.1, 0.15) is 0 Å². The van der Waals surface area contributed by atoms with E-state index in [1.165, 1.54) is 0 Å². The highest BCUT2D eigenvalue weighted by Gasteiger charge is 2.42. The van der Waals surface area contributed by atoms with E-state index in [0.29, 0.717) is 5.44 Å². The second-order valence-electron chi connectivity index (χ2n) is 8.98. The molecule has 0 bridgehead atoms. The van der Waals surface area contributed by atoms with E-state index in [9.17, 15) is 0 Å². The van der Waals surface area contributed by atoms with Crippen molar-refractivity contribution in [3.63, 3.8) is 0 Å². The van der Waals surface area contributed by atoms with E-state index < -0.39 is 7.14 Å². The van der Waals surface area contributed by atoms with Gasteiger partial charge in [-0.1, -0.05) is 78.9 Å². The van der Waals surface area contributed by atoms with Gasteiger partial charge in [0.15, 0.2) is 7.14 Å². The van der Waals surface area contributed by atoms with E-state index in [-0.39, 0.29) is 0 Å². The molecule has 4 nitrogen and oxygen atoms in total. The fourth-order valence-electron chi connectivity index (χ4n) is 5.78. The molecule has 0 fully saturated rings. The summed E-state index contributed by atoms with van der Waals surface area (Å²) in [5.41, 5.74) is 6.58. The Bertz CT molecular complexity index is 2010. The molecule has 4 heterocycles. The van der Waals surface area contributed by atoms with Crippen LogP contribution in [0.3, 0.4) is 0 Å². The number of hydrogen-bond acceptors (Lipinski definition) is 3. The minimum atomic E-state index is -3.21. The SMILES string of the molecule is O=P1(c2nccc3c2c2ccccc2n2c4ccccc4nc32)c2ccccc2-c2ccccc21. The summed E-state index contributed by atoms with van der Waals surface area (Å²) in [5.74, 6) is 0. The van der Waals surface area contributed by atoms with Crippen LogP contribution in [0, 0.1) is 0 Å². The molecule has 35 heavy (non-hydrogen) atoms. The number of para-hydroxylation sites is 3. The van der Waals surface area contributed by atoms with Crippen molar-refractivity contribution in [1.29, 1.82) is 0 Å². The van der Waals surface area contributed by atoms with Gasteiger partial charge in [0.2, 0.25) is 0 Å². The number of nitrogens with zero attached hydrogens (tertiary/aromatic N) is 3. The van der Waals surface area contributed by atoms with Crippen LogP contribution in [0.5, 0.6) is 0 Å². The molecule has 164 valence electrons. The first-order chi connectivity index (χ1) is 17.3. The lowest BCUT2D eigenvalue weighted by atomic mass is 10.1. The lowest BCUT2D eigenvalue weighted by Gasteiger charge is -2.18. The van der Waals surface area contributed by atoms with Gasteiger partial charge in [-0.15, -0.1) is 0 Å². The molecule has 0 radical (unpaired) electrons. The molecule has 0 atom stereocenters. The maximum atomic E-state index is 15.3. The zero-order valence-electron chi connectivity index (χ0n) is 18.6. The lowest BCUT2D eigenvalue weighted by Crippen LogP contribution is -2.24. The first-order valence-electron chi connectivity index (χ1n) is 11.6. The van der Waals surface area contributed by atoms with E-state index in [4.69, 9.17) is 9.97 Å². The minimum absolute atomic E-state index is 0.637. The highest BCUT2D eigenvalue weighted by atomic mass is 31.2. The van der Waals surface area contributed by atoms with Crippen LogP contribution >= 0.6 is 7.14 Å². The van der Waals surface area contributed by atoms with E-state index in [2.05, 4.69) is 34.7 Å². The fourth-order valence-corrected chi connectivity index (χ4v) is 8.94. The average Bonchev–Trinajstić information content (AvgIpc) is 3.44. The van der Waals surface area contributed by atoms with Gasteiger partial charge in [-0.05, 0) is 35.4 Å². The molecule has 0 aliphatic carbocycles. The van der Waals surface area contributed by atoms with Crippen molar-refractivity contribution in [2.24, 2.45) is 0 Å². The lowest BCUT2D eigenvalue weighted by molar-refractivity contribution is 0.592. The Morgan fingerprint density at radius 2 is 1.26 bits per heavy atom. The topological polar surface area (TPSA) is 47.3 Å². The predicted octanol–water partition coefficient (Wildman–Crippen LogP) is 5.81. The summed E-state index contributed by atoms with van der Waals surface area (Å²) in [4.78, 5) is 9.89. The maximum Gasteiger partial charge on any atom is 0.190 e. The predicted molar refractivity (Wildman–Crippen MR) is 144 cm³/mol. The third kappa shape index (κ3) is 2.30. The van der Waals surface area contributed by atoms with Crippen molar-refractivity contribution in [3.05, 3.63) is 109 Å². The van der Waals surface area contributed by atoms with Crippen molar-refractivity contribution in [2.75, 3.05) is 0 Å². The fraction of sp³-hybridized carbons (Fsp3) is 0. The summed E-state index contributed by atoms with van der Waals surface area (Å²) >= 11 is 0. The highest BCUT2D eigenvalue weighted by molar-refractivity contribution is 7.86. The molecule has 0 saturated heterocycles. The van der Waals surface area contributed by atoms with Crippen LogP contribution in [-0.2, 0) is 4.57 Å². The summed E-state index contributed by atoms with van der Waals surface area (Å²) in [6.07, 6.45) is 1.79. The molecule has 0 N–H and O–H groups in total. The number of benzene rings is 4. The number of hydrogen-bond donors (Lipinski definition) is 0. The molecule has 4 aromatic carbocycles. The molecule has 0 saturated carbocycles. The summed E-state index contributed by atoms with van der Waals surface area (Å²) in [6, 6.07) is 34.6. The van der Waals surface area contributed by atoms with Crippen LogP contribution in [0.15, 0.2) is 109 Å². The first-order valence-corrected chi connectivity index (χ1v) is 13.3. The first kappa shape index (κ1) is 19.1. The van der Waals surface area contributed by atoms with Gasteiger partial charge in [0.05, 0.1) is 16.6 Å². The van der Waals surface area contributed by atoms with Gasteiger partial charge in [0.1, 0.15) is 11.1 Å². The molecular weight excluding hydrogens is 449 g/mol. The van der Waals surface area contributed by atoms with Crippen LogP contribution in [0.2, 0.25) is 0 Å². The number of pyridine rings is 2. The van der Waals surface area contributed by atoms with E-state index >= 15 is 4.57 Å². The Kier molecular flexibility index (Phi) is 3.63. The number of rotatable bonds is 1. The van der Waals surface area contributed by atoms with Gasteiger partial charge in [-0.2, -0.15) is 0 Å². The monoisotopic (exact) mass is 467 g/mol. The molecule has 8 rings (SSSR count). The van der Waals surface area contributed by atoms with Crippen molar-refractivity contribution in [3.8, 4) is 11.1 Å². The van der Waals surface area contributed by atoms with E-state index in [1.807, 2.05) is 72.8 Å². The maximum absolute atomic E-state index is 15.3. The molecule has 0 unspecified atom stereocenters. The summed E-state index contributed by atoms with van der Waals surface area (Å²) in [7, 11) is -3.21. The zero-order valence-corrected chi connectivity index (χ0v) is 19.5. The van der Waals surface area contributed by atoms with Crippen LogP contribution in [0.4, 0.5) is 0 Å². The molecule has 1 aliphatic heterocycles. The smallest absolute Gasteiger partial charge is 0.190 e. The van der Waals surface area contributed by atoms with E-state index in [0.717, 1.165) is 60.1 Å². The summed E-state index contributed by atoms with van der Waals surface area (Å²) in [6.45, 7) is 0. The molecular formula is C30H18N3OP. The molecule has 5 heteroatoms. The normalized spacial score (nSPS) is 14.1. The van der Waals surface area contributed by atoms with E-state index in [1.54, 1.807) is 6.20 Å². The molecule has 0 spiro atoms. The Hall–Kier alpha value is -4.27. The third-order valence-corrected chi connectivity index (χ3v) is 10.3. The van der Waals surface area contributed by atoms with Gasteiger partial charge in [-0.25, -0.2) is 4.98 Å². The van der Waals surface area contributed by atoms with Crippen LogP contribution in [-0.4, -0.2) is 14.4 Å². The Labute approximate surface area is 200 Å². The largest absolute Gasteiger partial charge is 0.307 e. The minimum Gasteiger partial charge on any atom is -0.307 e. The quantitative estimate of drug-likeness (QED) is 0.226. The summed E-state index contributed by atoms with van der Waals surface area (Å²) < 4.78 is 17.5. The standard InChI is InChI=1S/C30H18N3OP/c34-35(26-15-7-2-9-19(26)20-10-3-8-16-27(20)35)30-28-21-11-1-5-13-24(21)33-25-14-6-4-12-23(25)32-29(33)22(28)17-18-31-30/h1-18H. The third-order valence-electron chi connectivity index (χ3n) is 7.22. The summed E-state index contributed by atoms with van der Waals surface area (Å²) in [5, 5.41) is 4.62. The zero-order chi connectivity index (χ0) is 23.1. The second kappa shape index (κ2) is 6.65. The number of aromatic nitrogens is 3. The number of imidazole rings is 1. The van der Waals surface area contributed by atoms with Crippen molar-refractivity contribution in [2.45, 2.75) is 0 Å². The molecule has 7 aromatic rings. The van der Waals surface area contributed by atoms with Gasteiger partial charge in [0.25, 0.3) is 0 Å². The molecule has 3 aromatic heterocycles. The van der Waals surface area contributed by atoms with Crippen molar-refractivity contribution in [1.82, 2.24) is 14.4 Å². The average molecular weight is 467 g/mol. The van der Waals surface area contributed by atoms with Gasteiger partial charge in [-0.3, -0.25) is 9.38 Å². The second-order valence-corrected chi connectivity index (χ2v) is 11.6. The molecule has 0 amide bonds. The Balaban J connectivity index is 1.62. The van der Waals surface area contributed by atoms with Gasteiger partial charge < -0.3 is 4.57 Å². The van der Waals surface area contributed by atoms with Crippen LogP contribution < -0.4 is 16.0 Å². The van der Waals surface area contributed by atoms with Crippen molar-refractivity contribution < 1.29 is 4.57 Å². The Morgan fingerprint density at radius 3 is 2.03 bits per heavy atom. The van der Waals surface area contributed by atoms with Crippen molar-refractivity contribution >= 4 is 61.5 Å². The van der Waals surface area contributed by atoms with Crippen LogP contribution in [0.25, 0.3) is 49.5 Å². The highest BCUT2D eigenvalue weighted by Crippen LogP contribution is 2.53. The van der Waals surface area contributed by atoms with Gasteiger partial charge in [0, 0.05) is 33.0 Å². The number of fused-ring (bicyclic) bond motifs is 11.